The van der Waals surface area contributed by atoms with Crippen LogP contribution in [0, 0.1) is 6.92 Å². The highest BCUT2D eigenvalue weighted by Crippen LogP contribution is 2.21. The highest BCUT2D eigenvalue weighted by atomic mass is 16.6. The Labute approximate surface area is 137 Å². The van der Waals surface area contributed by atoms with Crippen LogP contribution >= 0.6 is 0 Å². The van der Waals surface area contributed by atoms with Gasteiger partial charge in [-0.25, -0.2) is 0 Å². The normalized spacial score (nSPS) is 11.6. The third-order valence-corrected chi connectivity index (χ3v) is 3.38. The van der Waals surface area contributed by atoms with Crippen LogP contribution in [0.4, 0.5) is 5.69 Å². The molecule has 0 aliphatic carbocycles. The maximum absolute atomic E-state index is 5.81. The first-order chi connectivity index (χ1) is 11.0. The van der Waals surface area contributed by atoms with Gasteiger partial charge in [-0.3, -0.25) is 0 Å². The van der Waals surface area contributed by atoms with E-state index in [2.05, 4.69) is 5.16 Å². The van der Waals surface area contributed by atoms with Crippen molar-refractivity contribution in [3.63, 3.8) is 0 Å². The van der Waals surface area contributed by atoms with Gasteiger partial charge in [0.1, 0.15) is 12.4 Å². The van der Waals surface area contributed by atoms with E-state index in [1.165, 1.54) is 0 Å². The van der Waals surface area contributed by atoms with Crippen molar-refractivity contribution >= 4 is 11.4 Å². The number of nitrogens with zero attached hydrogens (tertiary/aromatic N) is 1. The smallest absolute Gasteiger partial charge is 0.142 e. The summed E-state index contributed by atoms with van der Waals surface area (Å²) < 4.78 is 5.81. The van der Waals surface area contributed by atoms with Gasteiger partial charge in [0.15, 0.2) is 0 Å². The molecule has 23 heavy (non-hydrogen) atoms. The van der Waals surface area contributed by atoms with Gasteiger partial charge in [0.25, 0.3) is 0 Å². The van der Waals surface area contributed by atoms with Crippen molar-refractivity contribution < 1.29 is 9.57 Å². The van der Waals surface area contributed by atoms with Crippen LogP contribution in [0.2, 0.25) is 0 Å². The van der Waals surface area contributed by atoms with Crippen molar-refractivity contribution in [2.75, 3.05) is 5.73 Å². The zero-order valence-electron chi connectivity index (χ0n) is 14.2. The third-order valence-electron chi connectivity index (χ3n) is 3.38. The van der Waals surface area contributed by atoms with Gasteiger partial charge in [-0.1, -0.05) is 29.4 Å². The number of nitrogen functional groups attached to an aromatic ring is 1. The van der Waals surface area contributed by atoms with Crippen LogP contribution in [0.25, 0.3) is 0 Å². The summed E-state index contributed by atoms with van der Waals surface area (Å²) >= 11 is 0. The molecular weight excluding hydrogens is 288 g/mol. The molecule has 0 saturated heterocycles. The summed E-state index contributed by atoms with van der Waals surface area (Å²) in [6.45, 7) is 8.41. The molecule has 0 radical (unpaired) electrons. The minimum Gasteiger partial charge on any atom is -0.491 e. The van der Waals surface area contributed by atoms with E-state index in [0.717, 1.165) is 33.8 Å². The molecule has 0 atom stereocenters. The second kappa shape index (κ2) is 7.68. The van der Waals surface area contributed by atoms with Crippen LogP contribution < -0.4 is 10.5 Å². The number of benzene rings is 2. The molecule has 0 bridgehead atoms. The second-order valence-electron chi connectivity index (χ2n) is 5.84. The average molecular weight is 312 g/mol. The largest absolute Gasteiger partial charge is 0.491 e. The first-order valence-electron chi connectivity index (χ1n) is 7.74. The Hall–Kier alpha value is -2.49. The third kappa shape index (κ3) is 5.02. The van der Waals surface area contributed by atoms with Crippen LogP contribution in [0.15, 0.2) is 47.6 Å². The van der Waals surface area contributed by atoms with E-state index in [1.54, 1.807) is 0 Å². The minimum absolute atomic E-state index is 0.142. The Morgan fingerprint density at radius 2 is 1.83 bits per heavy atom. The van der Waals surface area contributed by atoms with Gasteiger partial charge in [0.05, 0.1) is 11.8 Å². The summed E-state index contributed by atoms with van der Waals surface area (Å²) in [6, 6.07) is 13.6. The lowest BCUT2D eigenvalue weighted by atomic mass is 10.1. The van der Waals surface area contributed by atoms with Crippen LogP contribution in [0.5, 0.6) is 5.75 Å². The van der Waals surface area contributed by atoms with Gasteiger partial charge in [0.2, 0.25) is 0 Å². The number of oxime groups is 1. The minimum atomic E-state index is 0.142. The number of ether oxygens (including phenoxy) is 1. The lowest BCUT2D eigenvalue weighted by Gasteiger charge is -2.13. The number of rotatable bonds is 6. The molecule has 0 aromatic heterocycles. The van der Waals surface area contributed by atoms with Gasteiger partial charge in [0, 0.05) is 11.3 Å². The Bertz CT molecular complexity index is 676. The number of hydrogen-bond acceptors (Lipinski definition) is 4. The summed E-state index contributed by atoms with van der Waals surface area (Å²) in [5.74, 6) is 0.880. The fourth-order valence-electron chi connectivity index (χ4n) is 2.08. The summed E-state index contributed by atoms with van der Waals surface area (Å²) in [6.07, 6.45) is 0.142. The standard InChI is InChI=1S/C19H24N2O2/c1-13(2)23-19-11-17(8-5-14(19)3)15(4)21-22-12-16-6-9-18(20)10-7-16/h5-11,13H,12,20H2,1-4H3/b21-15+. The van der Waals surface area contributed by atoms with E-state index in [-0.39, 0.29) is 6.10 Å². The second-order valence-corrected chi connectivity index (χ2v) is 5.84. The fraction of sp³-hybridized carbons (Fsp3) is 0.316. The van der Waals surface area contributed by atoms with Crippen molar-refractivity contribution in [2.24, 2.45) is 5.16 Å². The molecule has 0 fully saturated rings. The zero-order valence-corrected chi connectivity index (χ0v) is 14.2. The van der Waals surface area contributed by atoms with E-state index < -0.39 is 0 Å². The molecule has 0 heterocycles. The summed E-state index contributed by atoms with van der Waals surface area (Å²) in [4.78, 5) is 5.43. The molecule has 122 valence electrons. The molecule has 4 nitrogen and oxygen atoms in total. The number of nitrogens with two attached hydrogens (primary N) is 1. The van der Waals surface area contributed by atoms with Crippen molar-refractivity contribution in [3.05, 3.63) is 59.2 Å². The monoisotopic (exact) mass is 312 g/mol. The maximum Gasteiger partial charge on any atom is 0.142 e. The van der Waals surface area contributed by atoms with Crippen molar-refractivity contribution in [2.45, 2.75) is 40.4 Å². The Kier molecular flexibility index (Phi) is 5.63. The van der Waals surface area contributed by atoms with Crippen LogP contribution in [0.3, 0.4) is 0 Å². The summed E-state index contributed by atoms with van der Waals surface area (Å²) in [5, 5.41) is 4.19. The molecule has 0 saturated carbocycles. The quantitative estimate of drug-likeness (QED) is 0.491. The Balaban J connectivity index is 2.04. The molecule has 2 aromatic rings. The number of aryl methyl sites for hydroxylation is 1. The van der Waals surface area contributed by atoms with Gasteiger partial charge >= 0.3 is 0 Å². The van der Waals surface area contributed by atoms with E-state index in [0.29, 0.717) is 6.61 Å². The van der Waals surface area contributed by atoms with E-state index in [4.69, 9.17) is 15.3 Å². The molecule has 2 aromatic carbocycles. The number of hydrogen-bond donors (Lipinski definition) is 1. The molecule has 0 spiro atoms. The highest BCUT2D eigenvalue weighted by molar-refractivity contribution is 5.98. The van der Waals surface area contributed by atoms with E-state index in [9.17, 15) is 0 Å². The van der Waals surface area contributed by atoms with Crippen molar-refractivity contribution in [3.8, 4) is 5.75 Å². The van der Waals surface area contributed by atoms with Gasteiger partial charge in [-0.15, -0.1) is 0 Å². The SMILES string of the molecule is C/C(=N\OCc1ccc(N)cc1)c1ccc(C)c(OC(C)C)c1. The van der Waals surface area contributed by atoms with Gasteiger partial charge < -0.3 is 15.3 Å². The molecule has 2 N–H and O–H groups in total. The van der Waals surface area contributed by atoms with Crippen molar-refractivity contribution in [1.82, 2.24) is 0 Å². The zero-order chi connectivity index (χ0) is 16.8. The first kappa shape index (κ1) is 16.9. The number of anilines is 1. The average Bonchev–Trinajstić information content (AvgIpc) is 2.51. The van der Waals surface area contributed by atoms with Crippen LogP contribution in [0.1, 0.15) is 37.5 Å². The van der Waals surface area contributed by atoms with Crippen LogP contribution in [-0.2, 0) is 11.4 Å². The maximum atomic E-state index is 5.81. The van der Waals surface area contributed by atoms with Gasteiger partial charge in [-0.2, -0.15) is 0 Å². The molecule has 0 aliphatic heterocycles. The molecular formula is C19H24N2O2. The molecule has 0 aliphatic rings. The molecule has 2 rings (SSSR count). The topological polar surface area (TPSA) is 56.8 Å². The first-order valence-corrected chi connectivity index (χ1v) is 7.74. The summed E-state index contributed by atoms with van der Waals surface area (Å²) in [5.41, 5.74) is 10.3. The molecule has 0 amide bonds. The fourth-order valence-corrected chi connectivity index (χ4v) is 2.08. The summed E-state index contributed by atoms with van der Waals surface area (Å²) in [7, 11) is 0. The van der Waals surface area contributed by atoms with Crippen molar-refractivity contribution in [1.29, 1.82) is 0 Å². The van der Waals surface area contributed by atoms with Gasteiger partial charge in [-0.05, 0) is 57.0 Å². The highest BCUT2D eigenvalue weighted by Gasteiger charge is 2.06. The molecule has 0 unspecified atom stereocenters. The molecule has 4 heteroatoms. The van der Waals surface area contributed by atoms with E-state index in [1.807, 2.05) is 70.2 Å². The van der Waals surface area contributed by atoms with Crippen LogP contribution in [-0.4, -0.2) is 11.8 Å². The van der Waals surface area contributed by atoms with E-state index >= 15 is 0 Å². The predicted octanol–water partition coefficient (Wildman–Crippen LogP) is 4.31. The predicted molar refractivity (Wildman–Crippen MR) is 94.8 cm³/mol. The lowest BCUT2D eigenvalue weighted by molar-refractivity contribution is 0.130. The Morgan fingerprint density at radius 1 is 1.13 bits per heavy atom. The lowest BCUT2D eigenvalue weighted by Crippen LogP contribution is -2.07. The Morgan fingerprint density at radius 3 is 2.48 bits per heavy atom.